The maximum absolute atomic E-state index is 12.2. The normalized spacial score (nSPS) is 10.9. The van der Waals surface area contributed by atoms with Crippen molar-refractivity contribution in [2.45, 2.75) is 26.9 Å². The molecule has 0 aliphatic carbocycles. The van der Waals surface area contributed by atoms with E-state index in [1.807, 2.05) is 13.8 Å². The van der Waals surface area contributed by atoms with E-state index < -0.39 is 0 Å². The number of nitrogens with zero attached hydrogens (tertiary/aromatic N) is 2. The Morgan fingerprint density at radius 3 is 2.06 bits per heavy atom. The zero-order valence-corrected chi connectivity index (χ0v) is 9.93. The van der Waals surface area contributed by atoms with Crippen molar-refractivity contribution in [1.29, 1.82) is 0 Å². The van der Waals surface area contributed by atoms with Crippen molar-refractivity contribution < 1.29 is 0 Å². The molecule has 2 aromatic rings. The molecular formula is C12H15N3O2. The molecule has 0 atom stereocenters. The molecule has 0 aliphatic heterocycles. The summed E-state index contributed by atoms with van der Waals surface area (Å²) in [4.78, 5) is 24.4. The summed E-state index contributed by atoms with van der Waals surface area (Å²) in [7, 11) is 0. The molecule has 0 radical (unpaired) electrons. The first-order chi connectivity index (χ1) is 8.10. The van der Waals surface area contributed by atoms with E-state index in [1.54, 1.807) is 18.2 Å². The monoisotopic (exact) mass is 233 g/mol. The summed E-state index contributed by atoms with van der Waals surface area (Å²) in [5, 5.41) is 0.817. The van der Waals surface area contributed by atoms with Crippen LogP contribution in [-0.2, 0) is 13.1 Å². The van der Waals surface area contributed by atoms with Crippen molar-refractivity contribution in [1.82, 2.24) is 9.36 Å². The Morgan fingerprint density at radius 1 is 1.00 bits per heavy atom. The Balaban J connectivity index is 3.05. The van der Waals surface area contributed by atoms with E-state index in [9.17, 15) is 9.59 Å². The maximum atomic E-state index is 12.2. The average molecular weight is 233 g/mol. The SMILES string of the molecule is CCn1c(=O)c2ccc(N)cc2c(=O)n1CC. The van der Waals surface area contributed by atoms with E-state index in [-0.39, 0.29) is 11.1 Å². The first-order valence-electron chi connectivity index (χ1n) is 5.63. The van der Waals surface area contributed by atoms with Crippen molar-refractivity contribution in [3.63, 3.8) is 0 Å². The number of anilines is 1. The number of hydrogen-bond acceptors (Lipinski definition) is 3. The fourth-order valence-electron chi connectivity index (χ4n) is 2.05. The number of benzene rings is 1. The number of nitrogen functional groups attached to an aromatic ring is 1. The minimum Gasteiger partial charge on any atom is -0.399 e. The van der Waals surface area contributed by atoms with Crippen LogP contribution < -0.4 is 16.9 Å². The Kier molecular flexibility index (Phi) is 2.75. The minimum atomic E-state index is -0.170. The van der Waals surface area contributed by atoms with Crippen LogP contribution in [0.1, 0.15) is 13.8 Å². The summed E-state index contributed by atoms with van der Waals surface area (Å²) in [5.74, 6) is 0. The number of aromatic nitrogens is 2. The molecule has 0 amide bonds. The van der Waals surface area contributed by atoms with Gasteiger partial charge in [0.1, 0.15) is 0 Å². The smallest absolute Gasteiger partial charge is 0.273 e. The van der Waals surface area contributed by atoms with Gasteiger partial charge < -0.3 is 5.73 Å². The summed E-state index contributed by atoms with van der Waals surface area (Å²) in [6.07, 6.45) is 0. The van der Waals surface area contributed by atoms with Crippen LogP contribution in [0.4, 0.5) is 5.69 Å². The van der Waals surface area contributed by atoms with Gasteiger partial charge in [0.2, 0.25) is 0 Å². The predicted octanol–water partition coefficient (Wildman–Crippen LogP) is 0.785. The van der Waals surface area contributed by atoms with E-state index in [2.05, 4.69) is 0 Å². The Labute approximate surface area is 98.1 Å². The zero-order valence-electron chi connectivity index (χ0n) is 9.93. The van der Waals surface area contributed by atoms with Crippen molar-refractivity contribution >= 4 is 16.5 Å². The summed E-state index contributed by atoms with van der Waals surface area (Å²) in [6, 6.07) is 4.81. The molecule has 2 N–H and O–H groups in total. The average Bonchev–Trinajstić information content (AvgIpc) is 2.33. The van der Waals surface area contributed by atoms with E-state index >= 15 is 0 Å². The van der Waals surface area contributed by atoms with Crippen LogP contribution in [-0.4, -0.2) is 9.36 Å². The predicted molar refractivity (Wildman–Crippen MR) is 68.2 cm³/mol. The second kappa shape index (κ2) is 4.08. The number of nitrogens with two attached hydrogens (primary N) is 1. The van der Waals surface area contributed by atoms with Crippen LogP contribution in [0.5, 0.6) is 0 Å². The molecular weight excluding hydrogens is 218 g/mol. The van der Waals surface area contributed by atoms with Gasteiger partial charge in [-0.05, 0) is 32.0 Å². The zero-order chi connectivity index (χ0) is 12.6. The highest BCUT2D eigenvalue weighted by atomic mass is 16.2. The van der Waals surface area contributed by atoms with Crippen molar-refractivity contribution in [3.05, 3.63) is 38.9 Å². The van der Waals surface area contributed by atoms with Gasteiger partial charge in [0.15, 0.2) is 0 Å². The molecule has 0 spiro atoms. The lowest BCUT2D eigenvalue weighted by atomic mass is 10.2. The Hall–Kier alpha value is -2.04. The summed E-state index contributed by atoms with van der Waals surface area (Å²) < 4.78 is 2.91. The summed E-state index contributed by atoms with van der Waals surface area (Å²) in [5.41, 5.74) is 5.82. The second-order valence-corrected chi connectivity index (χ2v) is 3.85. The van der Waals surface area contributed by atoms with Gasteiger partial charge in [-0.3, -0.25) is 9.59 Å². The van der Waals surface area contributed by atoms with Gasteiger partial charge in [-0.1, -0.05) is 0 Å². The third-order valence-electron chi connectivity index (χ3n) is 2.86. The van der Waals surface area contributed by atoms with E-state index in [4.69, 9.17) is 5.73 Å². The molecule has 0 saturated heterocycles. The van der Waals surface area contributed by atoms with Crippen molar-refractivity contribution in [3.8, 4) is 0 Å². The van der Waals surface area contributed by atoms with Crippen LogP contribution >= 0.6 is 0 Å². The molecule has 1 aromatic heterocycles. The van der Waals surface area contributed by atoms with Crippen LogP contribution in [0, 0.1) is 0 Å². The van der Waals surface area contributed by atoms with Gasteiger partial charge in [0, 0.05) is 18.8 Å². The lowest BCUT2D eigenvalue weighted by molar-refractivity contribution is 0.449. The third-order valence-corrected chi connectivity index (χ3v) is 2.86. The molecule has 0 unspecified atom stereocenters. The van der Waals surface area contributed by atoms with E-state index in [0.29, 0.717) is 29.5 Å². The van der Waals surface area contributed by atoms with Crippen LogP contribution in [0.2, 0.25) is 0 Å². The largest absolute Gasteiger partial charge is 0.399 e. The maximum Gasteiger partial charge on any atom is 0.273 e. The summed E-state index contributed by atoms with van der Waals surface area (Å²) in [6.45, 7) is 4.62. The van der Waals surface area contributed by atoms with E-state index in [1.165, 1.54) is 9.36 Å². The van der Waals surface area contributed by atoms with Crippen molar-refractivity contribution in [2.75, 3.05) is 5.73 Å². The number of hydrogen-bond donors (Lipinski definition) is 1. The van der Waals surface area contributed by atoms with Crippen LogP contribution in [0.15, 0.2) is 27.8 Å². The summed E-state index contributed by atoms with van der Waals surface area (Å²) >= 11 is 0. The van der Waals surface area contributed by atoms with Gasteiger partial charge in [-0.25, -0.2) is 9.36 Å². The van der Waals surface area contributed by atoms with Crippen LogP contribution in [0.25, 0.3) is 10.8 Å². The third kappa shape index (κ3) is 1.63. The second-order valence-electron chi connectivity index (χ2n) is 3.85. The highest BCUT2D eigenvalue weighted by Crippen LogP contribution is 2.10. The number of fused-ring (bicyclic) bond motifs is 1. The highest BCUT2D eigenvalue weighted by molar-refractivity contribution is 5.83. The molecule has 17 heavy (non-hydrogen) atoms. The first kappa shape index (κ1) is 11.4. The fourth-order valence-corrected chi connectivity index (χ4v) is 2.05. The molecule has 90 valence electrons. The molecule has 5 heteroatoms. The van der Waals surface area contributed by atoms with Gasteiger partial charge in [0.05, 0.1) is 10.8 Å². The fraction of sp³-hybridized carbons (Fsp3) is 0.333. The lowest BCUT2D eigenvalue weighted by Gasteiger charge is -2.13. The first-order valence-corrected chi connectivity index (χ1v) is 5.63. The molecule has 2 rings (SSSR count). The van der Waals surface area contributed by atoms with Crippen LogP contribution in [0.3, 0.4) is 0 Å². The van der Waals surface area contributed by atoms with Gasteiger partial charge in [-0.15, -0.1) is 0 Å². The minimum absolute atomic E-state index is 0.149. The van der Waals surface area contributed by atoms with Gasteiger partial charge in [-0.2, -0.15) is 0 Å². The quantitative estimate of drug-likeness (QED) is 0.779. The highest BCUT2D eigenvalue weighted by Gasteiger charge is 2.10. The molecule has 1 aromatic carbocycles. The standard InChI is InChI=1S/C12H15N3O2/c1-3-14-11(16)9-6-5-8(13)7-10(9)12(17)15(14)4-2/h5-7H,3-4,13H2,1-2H3. The molecule has 0 fully saturated rings. The lowest BCUT2D eigenvalue weighted by Crippen LogP contribution is -2.38. The number of rotatable bonds is 2. The van der Waals surface area contributed by atoms with Crippen molar-refractivity contribution in [2.24, 2.45) is 0 Å². The topological polar surface area (TPSA) is 70.0 Å². The molecule has 5 nitrogen and oxygen atoms in total. The Morgan fingerprint density at radius 2 is 1.53 bits per heavy atom. The van der Waals surface area contributed by atoms with Gasteiger partial charge >= 0.3 is 0 Å². The van der Waals surface area contributed by atoms with Gasteiger partial charge in [0.25, 0.3) is 11.1 Å². The molecule has 0 bridgehead atoms. The van der Waals surface area contributed by atoms with E-state index in [0.717, 1.165) is 0 Å². The molecule has 0 aliphatic rings. The Bertz CT molecular complexity index is 682. The molecule has 0 saturated carbocycles. The molecule has 1 heterocycles.